The van der Waals surface area contributed by atoms with Crippen LogP contribution in [0.4, 0.5) is 10.5 Å². The van der Waals surface area contributed by atoms with E-state index in [2.05, 4.69) is 10.7 Å². The summed E-state index contributed by atoms with van der Waals surface area (Å²) in [5.41, 5.74) is 3.51. The molecule has 0 saturated carbocycles. The van der Waals surface area contributed by atoms with Crippen molar-refractivity contribution in [2.75, 3.05) is 38.8 Å². The van der Waals surface area contributed by atoms with Crippen molar-refractivity contribution in [3.05, 3.63) is 77.7 Å². The van der Waals surface area contributed by atoms with Crippen LogP contribution in [0.1, 0.15) is 53.5 Å². The van der Waals surface area contributed by atoms with Crippen molar-refractivity contribution < 1.29 is 33.4 Å². The van der Waals surface area contributed by atoms with Gasteiger partial charge in [-0.15, -0.1) is 11.3 Å². The Morgan fingerprint density at radius 1 is 0.865 bits per heavy atom. The van der Waals surface area contributed by atoms with Gasteiger partial charge in [-0.25, -0.2) is 9.80 Å². The van der Waals surface area contributed by atoms with Crippen LogP contribution in [0.2, 0.25) is 0 Å². The van der Waals surface area contributed by atoms with E-state index in [9.17, 15) is 19.2 Å². The molecule has 0 bridgehead atoms. The monoisotopic (exact) mass is 733 g/mol. The Hall–Kier alpha value is -4.56. The topological polar surface area (TPSA) is 130 Å². The van der Waals surface area contributed by atoms with Crippen molar-refractivity contribution in [2.45, 2.75) is 78.5 Å². The van der Waals surface area contributed by atoms with E-state index >= 15 is 0 Å². The highest BCUT2D eigenvalue weighted by Gasteiger charge is 2.36. The summed E-state index contributed by atoms with van der Waals surface area (Å²) < 4.78 is 18.5. The van der Waals surface area contributed by atoms with Gasteiger partial charge in [-0.3, -0.25) is 24.7 Å². The van der Waals surface area contributed by atoms with Gasteiger partial charge in [0.15, 0.2) is 6.29 Å². The van der Waals surface area contributed by atoms with Crippen molar-refractivity contribution in [1.82, 2.24) is 20.7 Å². The summed E-state index contributed by atoms with van der Waals surface area (Å²) in [6.07, 6.45) is -1.18. The molecule has 0 fully saturated rings. The van der Waals surface area contributed by atoms with Crippen molar-refractivity contribution in [1.29, 1.82) is 0 Å². The minimum atomic E-state index is -1.29. The Morgan fingerprint density at radius 2 is 1.50 bits per heavy atom. The van der Waals surface area contributed by atoms with Crippen molar-refractivity contribution in [2.24, 2.45) is 0 Å². The molecule has 1 heterocycles. The van der Waals surface area contributed by atoms with E-state index in [4.69, 9.17) is 14.2 Å². The molecule has 0 radical (unpaired) electrons. The number of nitrogens with zero attached hydrogens (tertiary/aromatic N) is 3. The highest BCUT2D eigenvalue weighted by molar-refractivity contribution is 7.17. The van der Waals surface area contributed by atoms with Crippen LogP contribution in [0.5, 0.6) is 0 Å². The van der Waals surface area contributed by atoms with Crippen LogP contribution in [-0.4, -0.2) is 91.6 Å². The van der Waals surface area contributed by atoms with Crippen LogP contribution in [0.25, 0.3) is 20.9 Å². The van der Waals surface area contributed by atoms with Gasteiger partial charge in [-0.05, 0) is 75.4 Å². The number of carbonyl (C=O) groups is 4. The molecule has 12 nitrogen and oxygen atoms in total. The van der Waals surface area contributed by atoms with Crippen LogP contribution in [0.3, 0.4) is 0 Å². The SMILES string of the molecule is CCOC(OCC)[C@H](C)N(Cc1csc2ccccc12)C(=O)C(CC(=O)OC(C)(C)C)NC(=O)CN(C)NC(=O)N(C)c1cccc2ccccc12. The van der Waals surface area contributed by atoms with Gasteiger partial charge < -0.3 is 24.4 Å². The molecule has 4 aromatic rings. The summed E-state index contributed by atoms with van der Waals surface area (Å²) in [4.78, 5) is 57.7. The average Bonchev–Trinajstić information content (AvgIpc) is 3.50. The summed E-state index contributed by atoms with van der Waals surface area (Å²) >= 11 is 1.57. The number of ether oxygens (including phenoxy) is 3. The Labute approximate surface area is 309 Å². The molecule has 4 amide bonds. The first-order chi connectivity index (χ1) is 24.7. The molecule has 2 N–H and O–H groups in total. The third kappa shape index (κ3) is 10.7. The third-order valence-electron chi connectivity index (χ3n) is 8.26. The van der Waals surface area contributed by atoms with Crippen LogP contribution in [0, 0.1) is 0 Å². The van der Waals surface area contributed by atoms with Crippen LogP contribution >= 0.6 is 11.3 Å². The number of hydrazine groups is 1. The molecule has 1 aromatic heterocycles. The Morgan fingerprint density at radius 3 is 2.17 bits per heavy atom. The maximum absolute atomic E-state index is 14.6. The predicted octanol–water partition coefficient (Wildman–Crippen LogP) is 6.08. The number of benzene rings is 3. The molecule has 0 aliphatic heterocycles. The number of urea groups is 1. The number of esters is 1. The maximum atomic E-state index is 14.6. The summed E-state index contributed by atoms with van der Waals surface area (Å²) in [6, 6.07) is 19.0. The molecule has 2 atom stereocenters. The molecule has 3 aromatic carbocycles. The van der Waals surface area contributed by atoms with E-state index in [1.165, 1.54) is 9.91 Å². The zero-order chi connectivity index (χ0) is 38.0. The number of amides is 4. The summed E-state index contributed by atoms with van der Waals surface area (Å²) in [5, 5.41) is 8.97. The molecular formula is C39H51N5O7S. The number of rotatable bonds is 16. The number of hydrogen-bond donors (Lipinski definition) is 2. The van der Waals surface area contributed by atoms with Crippen molar-refractivity contribution in [3.63, 3.8) is 0 Å². The molecule has 0 saturated heterocycles. The molecule has 0 aliphatic rings. The zero-order valence-corrected chi connectivity index (χ0v) is 32.1. The van der Waals surface area contributed by atoms with Gasteiger partial charge in [0.05, 0.1) is 24.7 Å². The number of carbonyl (C=O) groups excluding carboxylic acids is 4. The molecule has 4 rings (SSSR count). The quantitative estimate of drug-likeness (QED) is 0.0806. The lowest BCUT2D eigenvalue weighted by molar-refractivity contribution is -0.180. The van der Waals surface area contributed by atoms with Crippen LogP contribution < -0.4 is 15.6 Å². The van der Waals surface area contributed by atoms with E-state index in [0.717, 1.165) is 26.4 Å². The Bertz CT molecular complexity index is 1830. The van der Waals surface area contributed by atoms with E-state index in [1.54, 1.807) is 51.1 Å². The second-order valence-corrected chi connectivity index (χ2v) is 14.4. The minimum Gasteiger partial charge on any atom is -0.460 e. The molecule has 0 aliphatic carbocycles. The second-order valence-electron chi connectivity index (χ2n) is 13.5. The van der Waals surface area contributed by atoms with E-state index < -0.39 is 54.2 Å². The highest BCUT2D eigenvalue weighted by Crippen LogP contribution is 2.29. The van der Waals surface area contributed by atoms with Gasteiger partial charge in [-0.1, -0.05) is 54.6 Å². The van der Waals surface area contributed by atoms with Crippen molar-refractivity contribution >= 4 is 61.7 Å². The predicted molar refractivity (Wildman–Crippen MR) is 205 cm³/mol. The average molecular weight is 734 g/mol. The first-order valence-electron chi connectivity index (χ1n) is 17.5. The van der Waals surface area contributed by atoms with Gasteiger partial charge in [-0.2, -0.15) is 0 Å². The molecule has 52 heavy (non-hydrogen) atoms. The van der Waals surface area contributed by atoms with E-state index in [1.807, 2.05) is 92.9 Å². The molecule has 0 spiro atoms. The van der Waals surface area contributed by atoms with Gasteiger partial charge in [0.25, 0.3) is 0 Å². The smallest absolute Gasteiger partial charge is 0.336 e. The molecular weight excluding hydrogens is 683 g/mol. The number of hydrogen-bond acceptors (Lipinski definition) is 9. The number of likely N-dealkylation sites (N-methyl/N-ethyl adjacent to an activating group) is 1. The fourth-order valence-electron chi connectivity index (χ4n) is 5.86. The molecule has 13 heteroatoms. The number of anilines is 1. The number of thiophene rings is 1. The zero-order valence-electron chi connectivity index (χ0n) is 31.3. The first-order valence-corrected chi connectivity index (χ1v) is 18.3. The standard InChI is InChI=1S/C39H51N5O7S/c1-9-49-37(50-10-2)26(3)44(23-28-25-52-33-21-14-13-19-30(28)33)36(47)31(22-35(46)51-39(4,5)6)40-34(45)24-42(7)41-38(48)43(8)32-20-15-17-27-16-11-12-18-29(27)32/h11-21,25-26,31,37H,9-10,22-24H2,1-8H3,(H,40,45)(H,41,48)/t26-,31?/m0/s1. The van der Waals surface area contributed by atoms with E-state index in [0.29, 0.717) is 18.9 Å². The third-order valence-corrected chi connectivity index (χ3v) is 9.27. The lowest BCUT2D eigenvalue weighted by Gasteiger charge is -2.36. The summed E-state index contributed by atoms with van der Waals surface area (Å²) in [7, 11) is 3.19. The first kappa shape index (κ1) is 40.2. The summed E-state index contributed by atoms with van der Waals surface area (Å²) in [5.74, 6) is -1.74. The van der Waals surface area contributed by atoms with Crippen LogP contribution in [-0.2, 0) is 35.1 Å². The Balaban J connectivity index is 1.56. The highest BCUT2D eigenvalue weighted by atomic mass is 32.1. The molecule has 1 unspecified atom stereocenters. The largest absolute Gasteiger partial charge is 0.460 e. The maximum Gasteiger partial charge on any atom is 0.336 e. The normalized spacial score (nSPS) is 12.9. The van der Waals surface area contributed by atoms with E-state index in [-0.39, 0.29) is 13.1 Å². The van der Waals surface area contributed by atoms with Gasteiger partial charge >= 0.3 is 12.0 Å². The lowest BCUT2D eigenvalue weighted by atomic mass is 10.1. The number of nitrogens with one attached hydrogen (secondary N) is 2. The number of fused-ring (bicyclic) bond motifs is 2. The fourth-order valence-corrected chi connectivity index (χ4v) is 6.81. The minimum absolute atomic E-state index is 0.178. The fraction of sp³-hybridized carbons (Fsp3) is 0.436. The van der Waals surface area contributed by atoms with Gasteiger partial charge in [0.1, 0.15) is 11.6 Å². The second kappa shape index (κ2) is 18.3. The van der Waals surface area contributed by atoms with Crippen molar-refractivity contribution in [3.8, 4) is 0 Å². The van der Waals surface area contributed by atoms with Gasteiger partial charge in [0, 0.05) is 43.9 Å². The van der Waals surface area contributed by atoms with Crippen LogP contribution in [0.15, 0.2) is 72.1 Å². The molecule has 280 valence electrons. The van der Waals surface area contributed by atoms with Gasteiger partial charge in [0.2, 0.25) is 11.8 Å². The lowest BCUT2D eigenvalue weighted by Crippen LogP contribution is -2.57. The Kier molecular flexibility index (Phi) is 14.1. The summed E-state index contributed by atoms with van der Waals surface area (Å²) in [6.45, 7) is 11.3.